The van der Waals surface area contributed by atoms with Crippen molar-refractivity contribution in [1.82, 2.24) is 10.2 Å². The average molecular weight is 275 g/mol. The molecule has 0 spiro atoms. The molecule has 4 heteroatoms. The van der Waals surface area contributed by atoms with Gasteiger partial charge in [-0.15, -0.1) is 0 Å². The zero-order valence-corrected chi connectivity index (χ0v) is 12.5. The summed E-state index contributed by atoms with van der Waals surface area (Å²) in [5, 5.41) is 6.33. The summed E-state index contributed by atoms with van der Waals surface area (Å²) < 4.78 is 0. The van der Waals surface area contributed by atoms with Crippen LogP contribution in [-0.2, 0) is 0 Å². The molecule has 0 aromatic heterocycles. The third-order valence-corrected chi connectivity index (χ3v) is 3.65. The standard InChI is InChI=1S/C16H25N3O/c1-3-17-15-9-5-4-8-14(15)16(20)18-13(2)12-19-10-6-7-11-19/h4-5,8-9,13,17H,3,6-7,10-12H2,1-2H3,(H,18,20). The second-order valence-corrected chi connectivity index (χ2v) is 5.46. The molecule has 1 atom stereocenters. The Morgan fingerprint density at radius 1 is 1.30 bits per heavy atom. The second kappa shape index (κ2) is 7.29. The lowest BCUT2D eigenvalue weighted by atomic mass is 10.1. The molecule has 2 rings (SSSR count). The molecule has 1 fully saturated rings. The van der Waals surface area contributed by atoms with Crippen LogP contribution in [0.5, 0.6) is 0 Å². The van der Waals surface area contributed by atoms with Crippen LogP contribution < -0.4 is 10.6 Å². The van der Waals surface area contributed by atoms with E-state index in [2.05, 4.69) is 22.5 Å². The third-order valence-electron chi connectivity index (χ3n) is 3.65. The molecule has 0 aliphatic carbocycles. The van der Waals surface area contributed by atoms with Gasteiger partial charge in [0, 0.05) is 24.8 Å². The van der Waals surface area contributed by atoms with E-state index >= 15 is 0 Å². The number of para-hydroxylation sites is 1. The summed E-state index contributed by atoms with van der Waals surface area (Å²) in [4.78, 5) is 14.8. The van der Waals surface area contributed by atoms with Gasteiger partial charge in [-0.1, -0.05) is 12.1 Å². The number of benzene rings is 1. The molecule has 20 heavy (non-hydrogen) atoms. The summed E-state index contributed by atoms with van der Waals surface area (Å²) in [6.07, 6.45) is 2.56. The molecule has 2 N–H and O–H groups in total. The number of likely N-dealkylation sites (tertiary alicyclic amines) is 1. The topological polar surface area (TPSA) is 44.4 Å². The first-order valence-electron chi connectivity index (χ1n) is 7.57. The first-order valence-corrected chi connectivity index (χ1v) is 7.57. The zero-order chi connectivity index (χ0) is 14.4. The predicted molar refractivity (Wildman–Crippen MR) is 83.2 cm³/mol. The van der Waals surface area contributed by atoms with Gasteiger partial charge in [-0.2, -0.15) is 0 Å². The fourth-order valence-electron chi connectivity index (χ4n) is 2.73. The SMILES string of the molecule is CCNc1ccccc1C(=O)NC(C)CN1CCCC1. The molecule has 0 radical (unpaired) electrons. The number of amides is 1. The summed E-state index contributed by atoms with van der Waals surface area (Å²) in [6.45, 7) is 8.18. The van der Waals surface area contributed by atoms with Gasteiger partial charge in [0.1, 0.15) is 0 Å². The van der Waals surface area contributed by atoms with E-state index in [4.69, 9.17) is 0 Å². The lowest BCUT2D eigenvalue weighted by Gasteiger charge is -2.21. The Morgan fingerprint density at radius 3 is 2.70 bits per heavy atom. The summed E-state index contributed by atoms with van der Waals surface area (Å²) in [5.74, 6) is 0.00764. The molecule has 1 amide bonds. The van der Waals surface area contributed by atoms with E-state index in [0.29, 0.717) is 0 Å². The number of rotatable bonds is 6. The second-order valence-electron chi connectivity index (χ2n) is 5.46. The Kier molecular flexibility index (Phi) is 5.41. The molecule has 1 unspecified atom stereocenters. The highest BCUT2D eigenvalue weighted by atomic mass is 16.1. The van der Waals surface area contributed by atoms with Crippen LogP contribution in [0, 0.1) is 0 Å². The maximum atomic E-state index is 12.4. The van der Waals surface area contributed by atoms with Crippen molar-refractivity contribution in [3.63, 3.8) is 0 Å². The van der Waals surface area contributed by atoms with E-state index in [9.17, 15) is 4.79 Å². The number of carbonyl (C=O) groups is 1. The van der Waals surface area contributed by atoms with Crippen LogP contribution in [0.4, 0.5) is 5.69 Å². The van der Waals surface area contributed by atoms with Crippen LogP contribution >= 0.6 is 0 Å². The number of anilines is 1. The minimum atomic E-state index is 0.00764. The number of nitrogens with one attached hydrogen (secondary N) is 2. The van der Waals surface area contributed by atoms with E-state index in [0.717, 1.165) is 37.4 Å². The van der Waals surface area contributed by atoms with Crippen LogP contribution in [-0.4, -0.2) is 43.0 Å². The van der Waals surface area contributed by atoms with Gasteiger partial charge in [0.05, 0.1) is 5.56 Å². The van der Waals surface area contributed by atoms with Crippen molar-refractivity contribution in [2.24, 2.45) is 0 Å². The Hall–Kier alpha value is -1.55. The average Bonchev–Trinajstić information content (AvgIpc) is 2.92. The van der Waals surface area contributed by atoms with Crippen molar-refractivity contribution < 1.29 is 4.79 Å². The number of hydrogen-bond acceptors (Lipinski definition) is 3. The van der Waals surface area contributed by atoms with E-state index < -0.39 is 0 Å². The van der Waals surface area contributed by atoms with E-state index in [1.807, 2.05) is 31.2 Å². The zero-order valence-electron chi connectivity index (χ0n) is 12.5. The Labute approximate surface area is 121 Å². The van der Waals surface area contributed by atoms with Gasteiger partial charge in [-0.25, -0.2) is 0 Å². The molecule has 1 aliphatic heterocycles. The first kappa shape index (κ1) is 14.9. The van der Waals surface area contributed by atoms with Gasteiger partial charge in [-0.3, -0.25) is 4.79 Å². The summed E-state index contributed by atoms with van der Waals surface area (Å²) in [7, 11) is 0. The van der Waals surface area contributed by atoms with Gasteiger partial charge in [0.15, 0.2) is 0 Å². The van der Waals surface area contributed by atoms with Gasteiger partial charge in [0.2, 0.25) is 0 Å². The van der Waals surface area contributed by atoms with E-state index in [1.165, 1.54) is 12.8 Å². The highest BCUT2D eigenvalue weighted by Crippen LogP contribution is 2.15. The maximum Gasteiger partial charge on any atom is 0.253 e. The van der Waals surface area contributed by atoms with Gasteiger partial charge >= 0.3 is 0 Å². The lowest BCUT2D eigenvalue weighted by Crippen LogP contribution is -2.41. The van der Waals surface area contributed by atoms with Gasteiger partial charge in [0.25, 0.3) is 5.91 Å². The largest absolute Gasteiger partial charge is 0.385 e. The molecule has 4 nitrogen and oxygen atoms in total. The smallest absolute Gasteiger partial charge is 0.253 e. The third kappa shape index (κ3) is 3.97. The quantitative estimate of drug-likeness (QED) is 0.837. The molecular weight excluding hydrogens is 250 g/mol. The lowest BCUT2D eigenvalue weighted by molar-refractivity contribution is 0.0932. The van der Waals surface area contributed by atoms with Crippen LogP contribution in [0.1, 0.15) is 37.0 Å². The number of nitrogens with zero attached hydrogens (tertiary/aromatic N) is 1. The normalized spacial score (nSPS) is 16.9. The first-order chi connectivity index (χ1) is 9.70. The Morgan fingerprint density at radius 2 is 2.00 bits per heavy atom. The van der Waals surface area contributed by atoms with Crippen LogP contribution in [0.3, 0.4) is 0 Å². The molecule has 1 aliphatic rings. The maximum absolute atomic E-state index is 12.4. The molecule has 110 valence electrons. The van der Waals surface area contributed by atoms with Crippen molar-refractivity contribution in [2.75, 3.05) is 31.5 Å². The highest BCUT2D eigenvalue weighted by Gasteiger charge is 2.17. The minimum absolute atomic E-state index is 0.00764. The molecular formula is C16H25N3O. The van der Waals surface area contributed by atoms with Crippen LogP contribution in [0.15, 0.2) is 24.3 Å². The van der Waals surface area contributed by atoms with Crippen molar-refractivity contribution >= 4 is 11.6 Å². The fourth-order valence-corrected chi connectivity index (χ4v) is 2.73. The van der Waals surface area contributed by atoms with Crippen molar-refractivity contribution in [3.05, 3.63) is 29.8 Å². The Balaban J connectivity index is 1.93. The summed E-state index contributed by atoms with van der Waals surface area (Å²) >= 11 is 0. The predicted octanol–water partition coefficient (Wildman–Crippen LogP) is 2.33. The molecule has 1 aromatic rings. The van der Waals surface area contributed by atoms with Crippen molar-refractivity contribution in [3.8, 4) is 0 Å². The van der Waals surface area contributed by atoms with Gasteiger partial charge in [-0.05, 0) is 51.9 Å². The molecule has 1 saturated heterocycles. The molecule has 0 bridgehead atoms. The fraction of sp³-hybridized carbons (Fsp3) is 0.562. The number of hydrogen-bond donors (Lipinski definition) is 2. The summed E-state index contributed by atoms with van der Waals surface area (Å²) in [5.41, 5.74) is 1.63. The minimum Gasteiger partial charge on any atom is -0.385 e. The van der Waals surface area contributed by atoms with Crippen LogP contribution in [0.2, 0.25) is 0 Å². The molecule has 1 heterocycles. The molecule has 1 aromatic carbocycles. The van der Waals surface area contributed by atoms with Gasteiger partial charge < -0.3 is 15.5 Å². The monoisotopic (exact) mass is 275 g/mol. The van der Waals surface area contributed by atoms with Crippen LogP contribution in [0.25, 0.3) is 0 Å². The Bertz CT molecular complexity index is 441. The highest BCUT2D eigenvalue weighted by molar-refractivity contribution is 5.99. The summed E-state index contributed by atoms with van der Waals surface area (Å²) in [6, 6.07) is 7.85. The van der Waals surface area contributed by atoms with Crippen molar-refractivity contribution in [2.45, 2.75) is 32.7 Å². The van der Waals surface area contributed by atoms with E-state index in [-0.39, 0.29) is 11.9 Å². The van der Waals surface area contributed by atoms with E-state index in [1.54, 1.807) is 0 Å². The van der Waals surface area contributed by atoms with Crippen molar-refractivity contribution in [1.29, 1.82) is 0 Å². The number of carbonyl (C=O) groups excluding carboxylic acids is 1. The molecule has 0 saturated carbocycles.